The number of anilines is 2. The predicted octanol–water partition coefficient (Wildman–Crippen LogP) is 4.52. The molecule has 0 atom stereocenters. The van der Waals surface area contributed by atoms with Crippen molar-refractivity contribution in [1.82, 2.24) is 19.7 Å². The molecule has 198 valence electrons. The normalized spacial score (nSPS) is 12.9. The molecule has 0 radical (unpaired) electrons. The minimum Gasteiger partial charge on any atom is -0.392 e. The molecule has 1 amide bonds. The average Bonchev–Trinajstić information content (AvgIpc) is 3.49. The van der Waals surface area contributed by atoms with E-state index in [1.165, 1.54) is 17.3 Å². The summed E-state index contributed by atoms with van der Waals surface area (Å²) < 4.78 is 43.3. The van der Waals surface area contributed by atoms with Crippen LogP contribution in [0, 0.1) is 11.3 Å². The number of aromatic nitrogens is 4. The van der Waals surface area contributed by atoms with Crippen LogP contribution in [0.4, 0.5) is 24.8 Å². The number of carbonyl (C=O) groups excluding carboxylic acids is 1. The van der Waals surface area contributed by atoms with E-state index in [4.69, 9.17) is 0 Å². The molecule has 2 N–H and O–H groups in total. The van der Waals surface area contributed by atoms with Gasteiger partial charge in [-0.05, 0) is 65.6 Å². The molecule has 39 heavy (non-hydrogen) atoms. The number of aryl methyl sites for hydroxylation is 1. The highest BCUT2D eigenvalue weighted by Gasteiger charge is 2.41. The van der Waals surface area contributed by atoms with Gasteiger partial charge in [0.25, 0.3) is 5.91 Å². The number of alkyl halides is 3. The minimum atomic E-state index is -4.71. The van der Waals surface area contributed by atoms with E-state index in [2.05, 4.69) is 26.6 Å². The Morgan fingerprint density at radius 2 is 1.92 bits per heavy atom. The van der Waals surface area contributed by atoms with Crippen LogP contribution < -0.4 is 10.2 Å². The molecule has 9 nitrogen and oxygen atoms in total. The second kappa shape index (κ2) is 9.85. The van der Waals surface area contributed by atoms with Crippen molar-refractivity contribution in [2.24, 2.45) is 7.05 Å². The Labute approximate surface area is 221 Å². The van der Waals surface area contributed by atoms with Gasteiger partial charge < -0.3 is 15.0 Å². The van der Waals surface area contributed by atoms with Gasteiger partial charge in [0, 0.05) is 24.7 Å². The summed E-state index contributed by atoms with van der Waals surface area (Å²) in [6.45, 7) is 1.40. The van der Waals surface area contributed by atoms with Gasteiger partial charge in [0.05, 0.1) is 30.3 Å². The number of carbonyl (C=O) groups is 1. The van der Waals surface area contributed by atoms with E-state index in [1.54, 1.807) is 41.9 Å². The standard InChI is InChI=1S/C27H22F3N7O2/c1-3-32-23-9-17(18-5-4-15(11-31)6-19(18)25-35-33-14-36(25)2)10-24(34-23)37-12-21-20(26(37)39)7-16(13-38)8-22(21)27(28,29)30/h4-10,14,38H,3,12-13H2,1-2H3,(H,32,34). The van der Waals surface area contributed by atoms with Crippen molar-refractivity contribution >= 4 is 17.5 Å². The highest BCUT2D eigenvalue weighted by Crippen LogP contribution is 2.41. The summed E-state index contributed by atoms with van der Waals surface area (Å²) in [5.41, 5.74) is 1.03. The number of rotatable bonds is 6. The fraction of sp³-hybridized carbons (Fsp3) is 0.222. The molecular formula is C27H22F3N7O2. The first kappa shape index (κ1) is 25.9. The number of amides is 1. The van der Waals surface area contributed by atoms with Crippen LogP contribution in [-0.2, 0) is 26.4 Å². The second-order valence-electron chi connectivity index (χ2n) is 8.98. The average molecular weight is 534 g/mol. The Morgan fingerprint density at radius 1 is 1.13 bits per heavy atom. The van der Waals surface area contributed by atoms with Crippen molar-refractivity contribution < 1.29 is 23.1 Å². The van der Waals surface area contributed by atoms with E-state index in [0.717, 1.165) is 6.07 Å². The molecule has 2 aromatic carbocycles. The number of hydrogen-bond acceptors (Lipinski definition) is 7. The highest BCUT2D eigenvalue weighted by molar-refractivity contribution is 6.10. The summed E-state index contributed by atoms with van der Waals surface area (Å²) >= 11 is 0. The van der Waals surface area contributed by atoms with Crippen molar-refractivity contribution in [2.75, 3.05) is 16.8 Å². The number of halogens is 3. The maximum Gasteiger partial charge on any atom is 0.416 e. The zero-order chi connectivity index (χ0) is 27.9. The number of hydrogen-bond donors (Lipinski definition) is 2. The SMILES string of the molecule is CCNc1cc(-c2ccc(C#N)cc2-c2nncn2C)cc(N2Cc3c(cc(CO)cc3C(F)(F)F)C2=O)n1. The molecule has 0 fully saturated rings. The van der Waals surface area contributed by atoms with Gasteiger partial charge in [-0.25, -0.2) is 4.98 Å². The third-order valence-electron chi connectivity index (χ3n) is 6.45. The molecule has 1 aliphatic rings. The Morgan fingerprint density at radius 3 is 2.56 bits per heavy atom. The number of aliphatic hydroxyl groups is 1. The monoisotopic (exact) mass is 533 g/mol. The Hall–Kier alpha value is -4.76. The van der Waals surface area contributed by atoms with E-state index < -0.39 is 24.3 Å². The maximum absolute atomic E-state index is 13.9. The first-order chi connectivity index (χ1) is 18.6. The van der Waals surface area contributed by atoms with Crippen LogP contribution in [-0.4, -0.2) is 37.3 Å². The molecule has 5 rings (SSSR count). The van der Waals surface area contributed by atoms with Crippen molar-refractivity contribution in [3.8, 4) is 28.6 Å². The number of nitrogens with zero attached hydrogens (tertiary/aromatic N) is 6. The van der Waals surface area contributed by atoms with Crippen LogP contribution in [0.2, 0.25) is 0 Å². The van der Waals surface area contributed by atoms with Crippen molar-refractivity contribution in [3.63, 3.8) is 0 Å². The van der Waals surface area contributed by atoms with Gasteiger partial charge in [-0.3, -0.25) is 9.69 Å². The van der Waals surface area contributed by atoms with Gasteiger partial charge in [0.2, 0.25) is 0 Å². The van der Waals surface area contributed by atoms with Crippen LogP contribution in [0.1, 0.15) is 39.5 Å². The fourth-order valence-corrected chi connectivity index (χ4v) is 4.66. The smallest absolute Gasteiger partial charge is 0.392 e. The summed E-state index contributed by atoms with van der Waals surface area (Å²) in [5, 5.41) is 30.2. The summed E-state index contributed by atoms with van der Waals surface area (Å²) in [6.07, 6.45) is -3.18. The predicted molar refractivity (Wildman–Crippen MR) is 136 cm³/mol. The molecule has 0 unspecified atom stereocenters. The Balaban J connectivity index is 1.66. The lowest BCUT2D eigenvalue weighted by molar-refractivity contribution is -0.138. The largest absolute Gasteiger partial charge is 0.416 e. The van der Waals surface area contributed by atoms with E-state index >= 15 is 0 Å². The number of nitriles is 1. The molecule has 4 aromatic rings. The first-order valence-corrected chi connectivity index (χ1v) is 11.9. The summed E-state index contributed by atoms with van der Waals surface area (Å²) in [4.78, 5) is 19.1. The van der Waals surface area contributed by atoms with Crippen molar-refractivity contribution in [3.05, 3.63) is 76.6 Å². The molecular weight excluding hydrogens is 511 g/mol. The van der Waals surface area contributed by atoms with E-state index in [-0.39, 0.29) is 29.1 Å². The van der Waals surface area contributed by atoms with Gasteiger partial charge in [0.1, 0.15) is 18.0 Å². The minimum absolute atomic E-state index is 0.00257. The number of fused-ring (bicyclic) bond motifs is 1. The van der Waals surface area contributed by atoms with Crippen molar-refractivity contribution in [1.29, 1.82) is 5.26 Å². The van der Waals surface area contributed by atoms with Crippen molar-refractivity contribution in [2.45, 2.75) is 26.3 Å². The molecule has 0 saturated carbocycles. The third kappa shape index (κ3) is 4.68. The third-order valence-corrected chi connectivity index (χ3v) is 6.45. The zero-order valence-electron chi connectivity index (χ0n) is 20.9. The van der Waals surface area contributed by atoms with Gasteiger partial charge in [-0.15, -0.1) is 10.2 Å². The van der Waals surface area contributed by atoms with Crippen LogP contribution in [0.25, 0.3) is 22.5 Å². The van der Waals surface area contributed by atoms with Crippen LogP contribution in [0.15, 0.2) is 48.8 Å². The molecule has 2 aromatic heterocycles. The van der Waals surface area contributed by atoms with E-state index in [1.807, 2.05) is 6.92 Å². The number of pyridine rings is 1. The molecule has 0 bridgehead atoms. The topological polar surface area (TPSA) is 120 Å². The lowest BCUT2D eigenvalue weighted by atomic mass is 9.97. The molecule has 12 heteroatoms. The summed E-state index contributed by atoms with van der Waals surface area (Å²) in [5.74, 6) is 0.415. The van der Waals surface area contributed by atoms with Crippen LogP contribution in [0.3, 0.4) is 0 Å². The number of benzene rings is 2. The Bertz CT molecular complexity index is 1640. The quantitative estimate of drug-likeness (QED) is 0.374. The lowest BCUT2D eigenvalue weighted by Crippen LogP contribution is -2.24. The highest BCUT2D eigenvalue weighted by atomic mass is 19.4. The van der Waals surface area contributed by atoms with Crippen LogP contribution >= 0.6 is 0 Å². The molecule has 0 saturated heterocycles. The fourth-order valence-electron chi connectivity index (χ4n) is 4.66. The summed E-state index contributed by atoms with van der Waals surface area (Å²) in [7, 11) is 1.76. The number of nitrogens with one attached hydrogen (secondary N) is 1. The number of aliphatic hydroxyl groups excluding tert-OH is 1. The van der Waals surface area contributed by atoms with Crippen LogP contribution in [0.5, 0.6) is 0 Å². The van der Waals surface area contributed by atoms with E-state index in [9.17, 15) is 28.3 Å². The first-order valence-electron chi connectivity index (χ1n) is 11.9. The lowest BCUT2D eigenvalue weighted by Gasteiger charge is -2.19. The molecule has 1 aliphatic heterocycles. The Kier molecular flexibility index (Phi) is 6.53. The molecule has 3 heterocycles. The maximum atomic E-state index is 13.9. The molecule has 0 spiro atoms. The van der Waals surface area contributed by atoms with E-state index in [0.29, 0.717) is 40.4 Å². The zero-order valence-corrected chi connectivity index (χ0v) is 20.9. The summed E-state index contributed by atoms with van der Waals surface area (Å²) in [6, 6.07) is 12.7. The molecule has 0 aliphatic carbocycles. The second-order valence-corrected chi connectivity index (χ2v) is 8.98. The van der Waals surface area contributed by atoms with Gasteiger partial charge in [0.15, 0.2) is 5.82 Å². The van der Waals surface area contributed by atoms with Gasteiger partial charge in [-0.2, -0.15) is 18.4 Å². The van der Waals surface area contributed by atoms with Gasteiger partial charge >= 0.3 is 6.18 Å². The van der Waals surface area contributed by atoms with Gasteiger partial charge in [-0.1, -0.05) is 6.07 Å².